The standard InChI is InChI=1S/C29H40P2/c1-21-15-10-12-18-25(21)30(26-19-13-11-16-22(26)2)23(3)24-17-14-20-27(24)31(28(4,5)6)29(7,8)9/h10-20,23-24H,1-9H3/t23-,24?/m1/s1. The number of benzene rings is 2. The van der Waals surface area contributed by atoms with Gasteiger partial charge in [-0.2, -0.15) is 0 Å². The Morgan fingerprint density at radius 2 is 1.19 bits per heavy atom. The van der Waals surface area contributed by atoms with Crippen LogP contribution >= 0.6 is 15.8 Å². The van der Waals surface area contributed by atoms with Crippen LogP contribution in [0.5, 0.6) is 0 Å². The van der Waals surface area contributed by atoms with Crippen LogP contribution in [0.2, 0.25) is 0 Å². The Hall–Kier alpha value is -1.22. The lowest BCUT2D eigenvalue weighted by atomic mass is 10.1. The van der Waals surface area contributed by atoms with Crippen LogP contribution in [-0.4, -0.2) is 16.0 Å². The number of hydrogen-bond donors (Lipinski definition) is 0. The summed E-state index contributed by atoms with van der Waals surface area (Å²) in [5.41, 5.74) is 3.40. The van der Waals surface area contributed by atoms with Crippen LogP contribution in [-0.2, 0) is 0 Å². The van der Waals surface area contributed by atoms with Crippen LogP contribution in [0.25, 0.3) is 0 Å². The van der Waals surface area contributed by atoms with E-state index in [-0.39, 0.29) is 18.2 Å². The van der Waals surface area contributed by atoms with Crippen molar-refractivity contribution >= 4 is 26.5 Å². The van der Waals surface area contributed by atoms with Crippen molar-refractivity contribution in [3.8, 4) is 0 Å². The molecule has 0 aliphatic heterocycles. The van der Waals surface area contributed by atoms with E-state index >= 15 is 0 Å². The Morgan fingerprint density at radius 3 is 1.61 bits per heavy atom. The van der Waals surface area contributed by atoms with Crippen LogP contribution in [0, 0.1) is 19.8 Å². The second kappa shape index (κ2) is 9.33. The van der Waals surface area contributed by atoms with Gasteiger partial charge in [0, 0.05) is 5.92 Å². The van der Waals surface area contributed by atoms with E-state index in [9.17, 15) is 0 Å². The number of rotatable bonds is 5. The van der Waals surface area contributed by atoms with Crippen LogP contribution in [0.1, 0.15) is 59.6 Å². The van der Waals surface area contributed by atoms with Gasteiger partial charge in [0.25, 0.3) is 0 Å². The second-order valence-electron chi connectivity index (χ2n) is 10.9. The van der Waals surface area contributed by atoms with E-state index in [2.05, 4.69) is 129 Å². The maximum Gasteiger partial charge on any atom is 0.00968 e. The fourth-order valence-corrected chi connectivity index (χ4v) is 12.9. The average molecular weight is 451 g/mol. The zero-order valence-electron chi connectivity index (χ0n) is 20.9. The molecule has 0 fully saturated rings. The van der Waals surface area contributed by atoms with Gasteiger partial charge >= 0.3 is 0 Å². The molecule has 0 spiro atoms. The molecule has 31 heavy (non-hydrogen) atoms. The summed E-state index contributed by atoms with van der Waals surface area (Å²) in [5.74, 6) is 0.509. The molecule has 0 heterocycles. The van der Waals surface area contributed by atoms with Crippen molar-refractivity contribution in [3.63, 3.8) is 0 Å². The summed E-state index contributed by atoms with van der Waals surface area (Å²) in [5, 5.41) is 5.34. The molecule has 1 aliphatic carbocycles. The van der Waals surface area contributed by atoms with E-state index in [1.807, 2.05) is 0 Å². The molecule has 3 rings (SSSR count). The number of allylic oxidation sites excluding steroid dienone is 4. The van der Waals surface area contributed by atoms with Gasteiger partial charge in [0.2, 0.25) is 0 Å². The van der Waals surface area contributed by atoms with Crippen molar-refractivity contribution in [3.05, 3.63) is 83.2 Å². The summed E-state index contributed by atoms with van der Waals surface area (Å²) in [6.07, 6.45) is 7.30. The smallest absolute Gasteiger partial charge is 0.00968 e. The summed E-state index contributed by atoms with van der Waals surface area (Å²) in [4.78, 5) is 0. The minimum Gasteiger partial charge on any atom is -0.0763 e. The third-order valence-electron chi connectivity index (χ3n) is 6.20. The average Bonchev–Trinajstić information content (AvgIpc) is 3.11. The first-order chi connectivity index (χ1) is 14.4. The van der Waals surface area contributed by atoms with Crippen molar-refractivity contribution in [2.75, 3.05) is 0 Å². The van der Waals surface area contributed by atoms with Gasteiger partial charge in [-0.25, -0.2) is 0 Å². The Kier molecular flexibility index (Phi) is 7.35. The quantitative estimate of drug-likeness (QED) is 0.402. The summed E-state index contributed by atoms with van der Waals surface area (Å²) in [6, 6.07) is 18.1. The molecule has 2 atom stereocenters. The Bertz CT molecular complexity index is 909. The fraction of sp³-hybridized carbons (Fsp3) is 0.448. The highest BCUT2D eigenvalue weighted by molar-refractivity contribution is 7.74. The molecule has 0 amide bonds. The molecule has 2 aromatic carbocycles. The second-order valence-corrected chi connectivity index (χ2v) is 17.3. The monoisotopic (exact) mass is 450 g/mol. The minimum atomic E-state index is -0.470. The highest BCUT2D eigenvalue weighted by atomic mass is 31.1. The molecule has 0 nitrogen and oxygen atoms in total. The maximum atomic E-state index is 2.51. The molecule has 0 saturated heterocycles. The Balaban J connectivity index is 2.11. The lowest BCUT2D eigenvalue weighted by Crippen LogP contribution is -2.31. The van der Waals surface area contributed by atoms with E-state index in [1.165, 1.54) is 21.7 Å². The van der Waals surface area contributed by atoms with Gasteiger partial charge in [0.1, 0.15) is 0 Å². The van der Waals surface area contributed by atoms with Crippen molar-refractivity contribution in [1.29, 1.82) is 0 Å². The summed E-state index contributed by atoms with van der Waals surface area (Å²) in [6.45, 7) is 21.7. The summed E-state index contributed by atoms with van der Waals surface area (Å²) < 4.78 is 0. The SMILES string of the molecule is Cc1ccccc1P(c1ccccc1C)[C@H](C)C1C=CC=C1P(C(C)(C)C)C(C)(C)C. The van der Waals surface area contributed by atoms with E-state index in [0.717, 1.165) is 0 Å². The van der Waals surface area contributed by atoms with Gasteiger partial charge in [-0.1, -0.05) is 123 Å². The third kappa shape index (κ3) is 5.24. The molecular formula is C29H40P2. The molecule has 2 aromatic rings. The third-order valence-corrected chi connectivity index (χ3v) is 13.0. The molecule has 0 radical (unpaired) electrons. The van der Waals surface area contributed by atoms with Crippen molar-refractivity contribution in [2.45, 2.75) is 78.3 Å². The molecule has 0 bridgehead atoms. The van der Waals surface area contributed by atoms with Gasteiger partial charge in [0.15, 0.2) is 0 Å². The predicted octanol–water partition coefficient (Wildman–Crippen LogP) is 8.27. The highest BCUT2D eigenvalue weighted by Gasteiger charge is 2.42. The first kappa shape index (κ1) is 24.4. The van der Waals surface area contributed by atoms with Crippen molar-refractivity contribution in [2.24, 2.45) is 5.92 Å². The highest BCUT2D eigenvalue weighted by Crippen LogP contribution is 2.68. The van der Waals surface area contributed by atoms with Gasteiger partial charge < -0.3 is 0 Å². The zero-order chi connectivity index (χ0) is 23.0. The van der Waals surface area contributed by atoms with Gasteiger partial charge in [-0.3, -0.25) is 0 Å². The zero-order valence-corrected chi connectivity index (χ0v) is 22.7. The Labute approximate surface area is 193 Å². The van der Waals surface area contributed by atoms with Gasteiger partial charge in [-0.15, -0.1) is 0 Å². The lowest BCUT2D eigenvalue weighted by Gasteiger charge is -2.46. The molecule has 2 heteroatoms. The predicted molar refractivity (Wildman–Crippen MR) is 145 cm³/mol. The van der Waals surface area contributed by atoms with Gasteiger partial charge in [-0.05, 0) is 64.8 Å². The van der Waals surface area contributed by atoms with Gasteiger partial charge in [0.05, 0.1) is 0 Å². The lowest BCUT2D eigenvalue weighted by molar-refractivity contribution is 0.694. The Morgan fingerprint density at radius 1 is 0.742 bits per heavy atom. The maximum absolute atomic E-state index is 2.51. The fourth-order valence-electron chi connectivity index (χ4n) is 5.29. The molecule has 0 saturated carbocycles. The number of aryl methyl sites for hydroxylation is 2. The van der Waals surface area contributed by atoms with Crippen LogP contribution < -0.4 is 10.6 Å². The van der Waals surface area contributed by atoms with Crippen LogP contribution in [0.3, 0.4) is 0 Å². The first-order valence-electron chi connectivity index (χ1n) is 11.5. The van der Waals surface area contributed by atoms with Crippen molar-refractivity contribution in [1.82, 2.24) is 0 Å². The molecule has 1 aliphatic rings. The van der Waals surface area contributed by atoms with Crippen LogP contribution in [0.15, 0.2) is 72.1 Å². The molecule has 0 N–H and O–H groups in total. The van der Waals surface area contributed by atoms with E-state index < -0.39 is 7.92 Å². The minimum absolute atomic E-state index is 0.285. The van der Waals surface area contributed by atoms with Crippen LogP contribution in [0.4, 0.5) is 0 Å². The summed E-state index contributed by atoms with van der Waals surface area (Å²) in [7, 11) is -0.754. The number of hydrogen-bond acceptors (Lipinski definition) is 0. The normalized spacial score (nSPS) is 18.0. The topological polar surface area (TPSA) is 0 Å². The van der Waals surface area contributed by atoms with E-state index in [1.54, 1.807) is 5.31 Å². The molecule has 166 valence electrons. The molecule has 0 aromatic heterocycles. The first-order valence-corrected chi connectivity index (χ1v) is 14.3. The summed E-state index contributed by atoms with van der Waals surface area (Å²) >= 11 is 0. The molecule has 1 unspecified atom stereocenters. The van der Waals surface area contributed by atoms with Crippen molar-refractivity contribution < 1.29 is 0 Å². The van der Waals surface area contributed by atoms with E-state index in [4.69, 9.17) is 0 Å². The largest absolute Gasteiger partial charge is 0.0763 e. The molecular weight excluding hydrogens is 410 g/mol. The van der Waals surface area contributed by atoms with E-state index in [0.29, 0.717) is 11.6 Å².